The number of nitrogens with zero attached hydrogens (tertiary/aromatic N) is 6. The summed E-state index contributed by atoms with van der Waals surface area (Å²) < 4.78 is 1.29. The normalized spacial score (nSPS) is 31.2. The van der Waals surface area contributed by atoms with E-state index >= 15 is 0 Å². The second kappa shape index (κ2) is 11.6. The van der Waals surface area contributed by atoms with E-state index in [0.717, 1.165) is 32.5 Å². The van der Waals surface area contributed by atoms with Crippen LogP contribution in [0, 0.1) is 11.8 Å². The van der Waals surface area contributed by atoms with Crippen LogP contribution in [0.2, 0.25) is 0 Å². The summed E-state index contributed by atoms with van der Waals surface area (Å²) in [5, 5.41) is 30.8. The zero-order valence-electron chi connectivity index (χ0n) is 24.0. The molecule has 3 amide bonds. The summed E-state index contributed by atoms with van der Waals surface area (Å²) >= 11 is 1.47. The lowest BCUT2D eigenvalue weighted by Crippen LogP contribution is -2.66. The number of carboxylic acids is 1. The second-order valence-electron chi connectivity index (χ2n) is 12.3. The molecule has 4 fully saturated rings. The highest BCUT2D eigenvalue weighted by molar-refractivity contribution is 8.03. The lowest BCUT2D eigenvalue weighted by Gasteiger charge is -2.47. The Hall–Kier alpha value is -3.04. The summed E-state index contributed by atoms with van der Waals surface area (Å²) in [6, 6.07) is -1.13. The molecule has 0 radical (unpaired) electrons. The highest BCUT2D eigenvalue weighted by atomic mass is 32.2. The van der Waals surface area contributed by atoms with Gasteiger partial charge in [-0.2, -0.15) is 0 Å². The predicted molar refractivity (Wildman–Crippen MR) is 152 cm³/mol. The molecule has 42 heavy (non-hydrogen) atoms. The molecule has 0 aliphatic carbocycles. The van der Waals surface area contributed by atoms with Gasteiger partial charge in [0.15, 0.2) is 0 Å². The first-order valence-electron chi connectivity index (χ1n) is 14.9. The molecule has 6 heterocycles. The minimum atomic E-state index is -1.13. The topological polar surface area (TPSA) is 175 Å². The smallest absolute Gasteiger partial charge is 0.353 e. The van der Waals surface area contributed by atoms with Gasteiger partial charge in [-0.3, -0.25) is 14.4 Å². The molecular formula is C27H39N9O5S. The third-order valence-electron chi connectivity index (χ3n) is 9.71. The van der Waals surface area contributed by atoms with Crippen LogP contribution in [0.1, 0.15) is 52.4 Å². The molecule has 0 saturated carbocycles. The molecule has 0 bridgehead atoms. The molecule has 5 aliphatic rings. The third-order valence-corrected chi connectivity index (χ3v) is 11.2. The molecule has 14 nitrogen and oxygen atoms in total. The van der Waals surface area contributed by atoms with Gasteiger partial charge in [0.05, 0.1) is 18.0 Å². The van der Waals surface area contributed by atoms with Crippen molar-refractivity contribution in [3.63, 3.8) is 0 Å². The standard InChI is InChI=1S/C27H39N9O5S/c1-15-21-20(16(2)31-19(37)13-35-14-30-32-33-35)25(39)36(21)22(26(40)41)23(15)42-17-11-18(28-12-17)24(38)34-9-6-27(7-10-34)5-3-4-8-29-27/h14-18,20-21,28-29H,3-13H2,1-2H3,(H,31,37)(H,40,41)/t15-,16-,17+,18+,20-,21-/m1/s1. The van der Waals surface area contributed by atoms with Crippen LogP contribution in [-0.4, -0.2) is 114 Å². The summed E-state index contributed by atoms with van der Waals surface area (Å²) in [4.78, 5) is 55.5. The fraction of sp³-hybridized carbons (Fsp3) is 0.741. The van der Waals surface area contributed by atoms with Crippen LogP contribution in [0.5, 0.6) is 0 Å². The van der Waals surface area contributed by atoms with E-state index in [2.05, 4.69) is 31.5 Å². The number of tetrazole rings is 1. The lowest BCUT2D eigenvalue weighted by atomic mass is 9.78. The van der Waals surface area contributed by atoms with Crippen LogP contribution in [0.15, 0.2) is 16.9 Å². The SMILES string of the molecule is C[C@@H](NC(=O)Cn1cnnn1)[C@H]1C(=O)N2C(C(=O)O)=C(S[C@@H]3CN[C@H](C(=O)N4CCC5(CCCCN5)CC4)C3)[C@H](C)[C@H]12. The Morgan fingerprint density at radius 2 is 2.02 bits per heavy atom. The molecule has 4 saturated heterocycles. The van der Waals surface area contributed by atoms with Crippen LogP contribution < -0.4 is 16.0 Å². The van der Waals surface area contributed by atoms with Crippen molar-refractivity contribution < 1.29 is 24.3 Å². The number of hydrogen-bond acceptors (Lipinski definition) is 10. The van der Waals surface area contributed by atoms with Crippen LogP contribution in [0.4, 0.5) is 0 Å². The largest absolute Gasteiger partial charge is 0.477 e. The minimum absolute atomic E-state index is 0.0163. The highest BCUT2D eigenvalue weighted by Crippen LogP contribution is 2.52. The number of rotatable bonds is 8. The Balaban J connectivity index is 1.06. The van der Waals surface area contributed by atoms with E-state index in [4.69, 9.17) is 0 Å². The molecule has 4 N–H and O–H groups in total. The van der Waals surface area contributed by atoms with Gasteiger partial charge < -0.3 is 30.9 Å². The van der Waals surface area contributed by atoms with Crippen molar-refractivity contribution in [1.29, 1.82) is 0 Å². The van der Waals surface area contributed by atoms with Gasteiger partial charge >= 0.3 is 5.97 Å². The Kier molecular flexibility index (Phi) is 8.00. The van der Waals surface area contributed by atoms with Gasteiger partial charge in [0, 0.05) is 47.3 Å². The zero-order valence-corrected chi connectivity index (χ0v) is 24.8. The van der Waals surface area contributed by atoms with E-state index in [0.29, 0.717) is 17.9 Å². The number of β-lactam (4-membered cyclic amide) rings is 1. The maximum atomic E-state index is 13.4. The summed E-state index contributed by atoms with van der Waals surface area (Å²) in [6.45, 7) is 6.80. The molecule has 6 rings (SSSR count). The van der Waals surface area contributed by atoms with Crippen molar-refractivity contribution in [2.45, 2.75) is 87.8 Å². The van der Waals surface area contributed by atoms with E-state index < -0.39 is 17.9 Å². The van der Waals surface area contributed by atoms with E-state index in [1.165, 1.54) is 46.9 Å². The Labute approximate surface area is 248 Å². The molecule has 5 aliphatic heterocycles. The fourth-order valence-corrected chi connectivity index (χ4v) is 8.96. The van der Waals surface area contributed by atoms with Crippen molar-refractivity contribution in [2.24, 2.45) is 11.8 Å². The van der Waals surface area contributed by atoms with Crippen molar-refractivity contribution >= 4 is 35.5 Å². The summed E-state index contributed by atoms with van der Waals surface area (Å²) in [5.74, 6) is -2.39. The molecule has 0 unspecified atom stereocenters. The number of carboxylic acid groups (broad SMARTS) is 1. The summed E-state index contributed by atoms with van der Waals surface area (Å²) in [6.07, 6.45) is 7.56. The van der Waals surface area contributed by atoms with Gasteiger partial charge in [-0.25, -0.2) is 9.48 Å². The fourth-order valence-electron chi connectivity index (χ4n) is 7.48. The highest BCUT2D eigenvalue weighted by Gasteiger charge is 2.60. The number of fused-ring (bicyclic) bond motifs is 1. The molecular weight excluding hydrogens is 562 g/mol. The van der Waals surface area contributed by atoms with Crippen LogP contribution in [-0.2, 0) is 25.7 Å². The Morgan fingerprint density at radius 3 is 2.69 bits per heavy atom. The quantitative estimate of drug-likeness (QED) is 0.284. The maximum Gasteiger partial charge on any atom is 0.353 e. The van der Waals surface area contributed by atoms with Gasteiger partial charge in [-0.05, 0) is 56.0 Å². The number of aromatic nitrogens is 4. The molecule has 15 heteroatoms. The van der Waals surface area contributed by atoms with E-state index in [1.807, 2.05) is 11.8 Å². The first-order valence-corrected chi connectivity index (χ1v) is 15.8. The number of amides is 3. The molecule has 0 aromatic carbocycles. The van der Waals surface area contributed by atoms with E-state index in [-0.39, 0.29) is 58.8 Å². The number of hydrogen-bond donors (Lipinski definition) is 4. The van der Waals surface area contributed by atoms with Gasteiger partial charge in [-0.1, -0.05) is 13.3 Å². The monoisotopic (exact) mass is 601 g/mol. The number of likely N-dealkylation sites (tertiary alicyclic amines) is 1. The second-order valence-corrected chi connectivity index (χ2v) is 13.7. The third kappa shape index (κ3) is 5.30. The summed E-state index contributed by atoms with van der Waals surface area (Å²) in [5.41, 5.74) is 0.218. The first kappa shape index (κ1) is 29.1. The summed E-state index contributed by atoms with van der Waals surface area (Å²) in [7, 11) is 0. The van der Waals surface area contributed by atoms with Gasteiger partial charge in [-0.15, -0.1) is 16.9 Å². The van der Waals surface area contributed by atoms with Gasteiger partial charge in [0.1, 0.15) is 18.6 Å². The number of thioether (sulfide) groups is 1. The first-order chi connectivity index (χ1) is 20.2. The predicted octanol–water partition coefficient (Wildman–Crippen LogP) is -0.451. The molecule has 228 valence electrons. The van der Waals surface area contributed by atoms with Crippen molar-refractivity contribution in [2.75, 3.05) is 26.2 Å². The zero-order chi connectivity index (χ0) is 29.6. The number of nitrogens with one attached hydrogen (secondary N) is 3. The van der Waals surface area contributed by atoms with E-state index in [9.17, 15) is 24.3 Å². The average molecular weight is 602 g/mol. The van der Waals surface area contributed by atoms with E-state index in [1.54, 1.807) is 6.92 Å². The van der Waals surface area contributed by atoms with Crippen LogP contribution >= 0.6 is 11.8 Å². The van der Waals surface area contributed by atoms with Crippen LogP contribution in [0.3, 0.4) is 0 Å². The molecule has 1 spiro atoms. The maximum absolute atomic E-state index is 13.4. The molecule has 1 aromatic heterocycles. The van der Waals surface area contributed by atoms with Crippen LogP contribution in [0.25, 0.3) is 0 Å². The van der Waals surface area contributed by atoms with Crippen molar-refractivity contribution in [3.05, 3.63) is 16.9 Å². The Morgan fingerprint density at radius 1 is 1.24 bits per heavy atom. The van der Waals surface area contributed by atoms with Crippen molar-refractivity contribution in [3.8, 4) is 0 Å². The van der Waals surface area contributed by atoms with Crippen molar-refractivity contribution in [1.82, 2.24) is 46.0 Å². The minimum Gasteiger partial charge on any atom is -0.477 e. The van der Waals surface area contributed by atoms with Gasteiger partial charge in [0.25, 0.3) is 0 Å². The number of carbonyl (C=O) groups is 4. The average Bonchev–Trinajstić information content (AvgIpc) is 3.70. The Bertz CT molecular complexity index is 1260. The molecule has 6 atom stereocenters. The number of aliphatic carboxylic acids is 1. The molecule has 1 aromatic rings. The van der Waals surface area contributed by atoms with Gasteiger partial charge in [0.2, 0.25) is 17.7 Å². The number of carbonyl (C=O) groups excluding carboxylic acids is 3. The lowest BCUT2D eigenvalue weighted by molar-refractivity contribution is -0.158. The number of piperidine rings is 2.